The van der Waals surface area contributed by atoms with Crippen LogP contribution in [0.4, 0.5) is 4.39 Å². The van der Waals surface area contributed by atoms with Crippen LogP contribution < -0.4 is 5.56 Å². The molecule has 0 spiro atoms. The number of hydrogen-bond donors (Lipinski definition) is 1. The average Bonchev–Trinajstić information content (AvgIpc) is 2.30. The van der Waals surface area contributed by atoms with Crippen LogP contribution in [0.5, 0.6) is 0 Å². The summed E-state index contributed by atoms with van der Waals surface area (Å²) in [5.74, 6) is 0.00689. The summed E-state index contributed by atoms with van der Waals surface area (Å²) in [6.07, 6.45) is 0. The molecule has 0 fully saturated rings. The zero-order valence-electron chi connectivity index (χ0n) is 9.59. The number of aromatic amines is 1. The minimum Gasteiger partial charge on any atom is -0.491 e. The van der Waals surface area contributed by atoms with Gasteiger partial charge in [-0.15, -0.1) is 0 Å². The third kappa shape index (κ3) is 2.28. The van der Waals surface area contributed by atoms with Gasteiger partial charge < -0.3 is 9.72 Å². The minimum atomic E-state index is -0.502. The van der Waals surface area contributed by atoms with E-state index >= 15 is 0 Å². The predicted molar refractivity (Wildman–Crippen MR) is 70.7 cm³/mol. The third-order valence-electron chi connectivity index (χ3n) is 2.31. The van der Waals surface area contributed by atoms with E-state index in [0.717, 1.165) is 6.07 Å². The number of benzene rings is 1. The molecule has 0 amide bonds. The van der Waals surface area contributed by atoms with E-state index in [1.807, 2.05) is 0 Å². The van der Waals surface area contributed by atoms with E-state index in [1.165, 1.54) is 6.07 Å². The Bertz CT molecular complexity index is 682. The van der Waals surface area contributed by atoms with Gasteiger partial charge in [0.25, 0.3) is 5.56 Å². The molecule has 1 aromatic heterocycles. The first kappa shape index (κ1) is 12.8. The number of halogens is 2. The molecule has 0 aliphatic heterocycles. The molecule has 1 heterocycles. The van der Waals surface area contributed by atoms with Gasteiger partial charge in [-0.3, -0.25) is 4.79 Å². The van der Waals surface area contributed by atoms with Crippen LogP contribution in [0.2, 0.25) is 0 Å². The second-order valence-electron chi connectivity index (χ2n) is 3.55. The molecule has 4 nitrogen and oxygen atoms in total. The average molecular weight is 313 g/mol. The quantitative estimate of drug-likeness (QED) is 0.887. The molecule has 18 heavy (non-hydrogen) atoms. The minimum absolute atomic E-state index is 0.176. The Labute approximate surface area is 111 Å². The zero-order chi connectivity index (χ0) is 13.3. The first-order valence-corrected chi connectivity index (χ1v) is 6.03. The first-order valence-electron chi connectivity index (χ1n) is 5.24. The summed E-state index contributed by atoms with van der Waals surface area (Å²) in [7, 11) is 0. The second-order valence-corrected chi connectivity index (χ2v) is 4.41. The van der Waals surface area contributed by atoms with Crippen LogP contribution in [-0.4, -0.2) is 16.6 Å². The van der Waals surface area contributed by atoms with Gasteiger partial charge in [-0.2, -0.15) is 0 Å². The van der Waals surface area contributed by atoms with E-state index in [-0.39, 0.29) is 17.0 Å². The number of ether oxygens (including phenoxy) is 1. The highest BCUT2D eigenvalue weighted by Crippen LogP contribution is 2.22. The summed E-state index contributed by atoms with van der Waals surface area (Å²) in [5, 5.41) is 0.176. The number of aromatic nitrogens is 2. The normalized spacial score (nSPS) is 10.6. The molecule has 0 aliphatic rings. The lowest BCUT2D eigenvalue weighted by Crippen LogP contribution is -2.12. The van der Waals surface area contributed by atoms with Gasteiger partial charge in [-0.05, 0) is 35.0 Å². The predicted octanol–water partition coefficient (Wildman–Crippen LogP) is 2.83. The van der Waals surface area contributed by atoms with E-state index in [1.54, 1.807) is 6.92 Å². The van der Waals surface area contributed by atoms with Gasteiger partial charge in [-0.1, -0.05) is 6.58 Å². The highest BCUT2D eigenvalue weighted by atomic mass is 79.9. The van der Waals surface area contributed by atoms with Crippen molar-refractivity contribution in [1.29, 1.82) is 0 Å². The summed E-state index contributed by atoms with van der Waals surface area (Å²) >= 11 is 3.18. The molecule has 0 atom stereocenters. The molecule has 1 aromatic carbocycles. The van der Waals surface area contributed by atoms with Crippen LogP contribution in [0.1, 0.15) is 12.7 Å². The smallest absolute Gasteiger partial charge is 0.259 e. The molecule has 2 rings (SSSR count). The van der Waals surface area contributed by atoms with Crippen molar-refractivity contribution < 1.29 is 9.13 Å². The monoisotopic (exact) mass is 312 g/mol. The molecule has 94 valence electrons. The van der Waals surface area contributed by atoms with Gasteiger partial charge in [0.2, 0.25) is 0 Å². The van der Waals surface area contributed by atoms with E-state index in [4.69, 9.17) is 4.74 Å². The van der Waals surface area contributed by atoms with E-state index < -0.39 is 11.4 Å². The second kappa shape index (κ2) is 4.89. The summed E-state index contributed by atoms with van der Waals surface area (Å²) in [6, 6.07) is 2.39. The Balaban J connectivity index is 2.69. The Morgan fingerprint density at radius 1 is 1.61 bits per heavy atom. The summed E-state index contributed by atoms with van der Waals surface area (Å²) in [4.78, 5) is 18.5. The van der Waals surface area contributed by atoms with E-state index in [9.17, 15) is 9.18 Å². The first-order chi connectivity index (χ1) is 8.52. The number of fused-ring (bicyclic) bond motifs is 1. The van der Waals surface area contributed by atoms with Crippen molar-refractivity contribution in [2.24, 2.45) is 0 Å². The maximum atomic E-state index is 13.2. The van der Waals surface area contributed by atoms with Crippen LogP contribution in [0, 0.1) is 5.82 Å². The highest BCUT2D eigenvalue weighted by molar-refractivity contribution is 9.10. The summed E-state index contributed by atoms with van der Waals surface area (Å²) < 4.78 is 18.8. The molecular formula is C12H10BrFN2O2. The van der Waals surface area contributed by atoms with Gasteiger partial charge in [0, 0.05) is 4.47 Å². The van der Waals surface area contributed by atoms with Crippen LogP contribution >= 0.6 is 15.9 Å². The Morgan fingerprint density at radius 2 is 2.33 bits per heavy atom. The molecule has 6 heteroatoms. The lowest BCUT2D eigenvalue weighted by Gasteiger charge is -2.07. The number of H-pyrrole nitrogens is 1. The van der Waals surface area contributed by atoms with Crippen molar-refractivity contribution in [2.75, 3.05) is 6.61 Å². The van der Waals surface area contributed by atoms with Crippen LogP contribution in [0.25, 0.3) is 16.7 Å². The summed E-state index contributed by atoms with van der Waals surface area (Å²) in [5.41, 5.74) is -0.0629. The van der Waals surface area contributed by atoms with Crippen molar-refractivity contribution in [3.8, 4) is 0 Å². The van der Waals surface area contributed by atoms with Crippen LogP contribution in [0.15, 0.2) is 28.0 Å². The fourth-order valence-electron chi connectivity index (χ4n) is 1.54. The Kier molecular flexibility index (Phi) is 3.47. The largest absolute Gasteiger partial charge is 0.491 e. The molecule has 0 saturated heterocycles. The van der Waals surface area contributed by atoms with Crippen LogP contribution in [-0.2, 0) is 4.74 Å². The summed E-state index contributed by atoms with van der Waals surface area (Å²) in [6.45, 7) is 5.89. The Hall–Kier alpha value is -1.69. The molecule has 1 N–H and O–H groups in total. The number of nitrogens with one attached hydrogen (secondary N) is 1. The molecule has 0 unspecified atom stereocenters. The van der Waals surface area contributed by atoms with E-state index in [2.05, 4.69) is 32.5 Å². The van der Waals surface area contributed by atoms with Crippen molar-refractivity contribution in [3.05, 3.63) is 45.2 Å². The van der Waals surface area contributed by atoms with Gasteiger partial charge in [-0.25, -0.2) is 9.37 Å². The lowest BCUT2D eigenvalue weighted by atomic mass is 10.2. The van der Waals surface area contributed by atoms with Crippen molar-refractivity contribution in [3.63, 3.8) is 0 Å². The molecule has 0 bridgehead atoms. The van der Waals surface area contributed by atoms with Gasteiger partial charge in [0.05, 0.1) is 17.5 Å². The fraction of sp³-hybridized carbons (Fsp3) is 0.167. The van der Waals surface area contributed by atoms with Crippen LogP contribution in [0.3, 0.4) is 0 Å². The fourth-order valence-corrected chi connectivity index (χ4v) is 2.06. The van der Waals surface area contributed by atoms with Gasteiger partial charge >= 0.3 is 0 Å². The van der Waals surface area contributed by atoms with Gasteiger partial charge in [0.15, 0.2) is 11.6 Å². The molecule has 0 aliphatic carbocycles. The standard InChI is InChI=1S/C12H10BrFN2O2/c1-3-18-6(2)11-15-10-8(12(17)16-11)4-7(14)5-9(10)13/h4-5H,2-3H2,1H3,(H,15,16,17). The third-order valence-corrected chi connectivity index (χ3v) is 2.92. The zero-order valence-corrected chi connectivity index (χ0v) is 11.2. The highest BCUT2D eigenvalue weighted by Gasteiger charge is 2.11. The molecule has 0 saturated carbocycles. The number of rotatable bonds is 3. The van der Waals surface area contributed by atoms with Gasteiger partial charge in [0.1, 0.15) is 5.82 Å². The van der Waals surface area contributed by atoms with Crippen molar-refractivity contribution >= 4 is 32.6 Å². The molecule has 0 radical (unpaired) electrons. The van der Waals surface area contributed by atoms with Crippen molar-refractivity contribution in [2.45, 2.75) is 6.92 Å². The van der Waals surface area contributed by atoms with Crippen molar-refractivity contribution in [1.82, 2.24) is 9.97 Å². The lowest BCUT2D eigenvalue weighted by molar-refractivity contribution is 0.296. The number of nitrogens with zero attached hydrogens (tertiary/aromatic N) is 1. The maximum absolute atomic E-state index is 13.2. The van der Waals surface area contributed by atoms with E-state index in [0.29, 0.717) is 16.6 Å². The topological polar surface area (TPSA) is 55.0 Å². The number of hydrogen-bond acceptors (Lipinski definition) is 3. The molecule has 2 aromatic rings. The SMILES string of the molecule is C=C(OCC)c1nc2c(Br)cc(F)cc2c(=O)[nH]1. The molecular weight excluding hydrogens is 303 g/mol. The Morgan fingerprint density at radius 3 is 3.00 bits per heavy atom. The maximum Gasteiger partial charge on any atom is 0.259 e.